The average Bonchev–Trinajstić information content (AvgIpc) is 1.63. The van der Waals surface area contributed by atoms with E-state index in [9.17, 15) is 4.79 Å². The predicted octanol–water partition coefficient (Wildman–Crippen LogP) is 1.41. The average molecular weight is 239 g/mol. The zero-order valence-corrected chi connectivity index (χ0v) is 7.97. The number of hydrogen-bond donors (Lipinski definition) is 0. The van der Waals surface area contributed by atoms with E-state index in [1.165, 1.54) is 0 Å². The van der Waals surface area contributed by atoms with Gasteiger partial charge in [0.15, 0.2) is 0 Å². The first kappa shape index (κ1) is 8.94. The lowest BCUT2D eigenvalue weighted by molar-refractivity contribution is -0.123. The maximum Gasteiger partial charge on any atom is 0.246 e. The topological polar surface area (TPSA) is 20.3 Å². The molecule has 0 saturated carbocycles. The van der Waals surface area contributed by atoms with Crippen LogP contribution in [0.3, 0.4) is 0 Å². The minimum Gasteiger partial charge on any atom is -0.345 e. The van der Waals surface area contributed by atoms with Gasteiger partial charge in [-0.25, -0.2) is 0 Å². The Bertz CT molecular complexity index is 136. The van der Waals surface area contributed by atoms with Gasteiger partial charge in [-0.1, -0.05) is 0 Å². The SMILES string of the molecule is C/C(I)=C\C(=O)N(C)C. The van der Waals surface area contributed by atoms with Crippen molar-refractivity contribution >= 4 is 28.5 Å². The van der Waals surface area contributed by atoms with E-state index in [0.717, 1.165) is 3.58 Å². The van der Waals surface area contributed by atoms with Gasteiger partial charge in [0, 0.05) is 20.2 Å². The second kappa shape index (κ2) is 3.87. The van der Waals surface area contributed by atoms with E-state index in [0.29, 0.717) is 0 Å². The van der Waals surface area contributed by atoms with Crippen LogP contribution in [0.1, 0.15) is 6.92 Å². The molecule has 0 aromatic rings. The highest BCUT2D eigenvalue weighted by molar-refractivity contribution is 14.1. The molecular weight excluding hydrogens is 229 g/mol. The second-order valence-electron chi connectivity index (χ2n) is 1.96. The van der Waals surface area contributed by atoms with Crippen molar-refractivity contribution in [3.8, 4) is 0 Å². The number of carbonyl (C=O) groups is 1. The van der Waals surface area contributed by atoms with Gasteiger partial charge in [-0.2, -0.15) is 0 Å². The summed E-state index contributed by atoms with van der Waals surface area (Å²) in [6.07, 6.45) is 1.60. The minimum atomic E-state index is 0.0434. The summed E-state index contributed by atoms with van der Waals surface area (Å²) in [6.45, 7) is 1.89. The van der Waals surface area contributed by atoms with Crippen LogP contribution in [0.5, 0.6) is 0 Å². The summed E-state index contributed by atoms with van der Waals surface area (Å²) in [5.41, 5.74) is 0. The number of likely N-dealkylation sites (N-methyl/N-ethyl adjacent to an activating group) is 1. The molecular formula is C6H10INO. The third kappa shape index (κ3) is 4.44. The number of hydrogen-bond acceptors (Lipinski definition) is 1. The van der Waals surface area contributed by atoms with Crippen LogP contribution in [0.15, 0.2) is 9.66 Å². The molecule has 0 aliphatic heterocycles. The molecule has 3 heteroatoms. The fourth-order valence-electron chi connectivity index (χ4n) is 0.299. The van der Waals surface area contributed by atoms with Crippen LogP contribution in [0.25, 0.3) is 0 Å². The van der Waals surface area contributed by atoms with Crippen LogP contribution >= 0.6 is 22.6 Å². The summed E-state index contributed by atoms with van der Waals surface area (Å²) < 4.78 is 1.01. The highest BCUT2D eigenvalue weighted by Crippen LogP contribution is 2.02. The Morgan fingerprint density at radius 1 is 1.56 bits per heavy atom. The summed E-state index contributed by atoms with van der Waals surface area (Å²) in [6, 6.07) is 0. The van der Waals surface area contributed by atoms with Crippen LogP contribution in [0.2, 0.25) is 0 Å². The Kier molecular flexibility index (Phi) is 3.84. The van der Waals surface area contributed by atoms with Gasteiger partial charge in [0.1, 0.15) is 0 Å². The van der Waals surface area contributed by atoms with Crippen LogP contribution in [0, 0.1) is 0 Å². The minimum absolute atomic E-state index is 0.0434. The van der Waals surface area contributed by atoms with Gasteiger partial charge in [-0.15, -0.1) is 0 Å². The first-order valence-electron chi connectivity index (χ1n) is 2.59. The number of allylic oxidation sites excluding steroid dienone is 1. The van der Waals surface area contributed by atoms with Crippen LogP contribution in [-0.2, 0) is 4.79 Å². The van der Waals surface area contributed by atoms with E-state index in [2.05, 4.69) is 22.6 Å². The molecule has 9 heavy (non-hydrogen) atoms. The molecule has 0 radical (unpaired) electrons. The Balaban J connectivity index is 3.93. The van der Waals surface area contributed by atoms with Gasteiger partial charge in [-0.3, -0.25) is 4.79 Å². The Morgan fingerprint density at radius 3 is 2.11 bits per heavy atom. The van der Waals surface area contributed by atoms with E-state index in [-0.39, 0.29) is 5.91 Å². The van der Waals surface area contributed by atoms with Gasteiger partial charge in [0.25, 0.3) is 0 Å². The molecule has 52 valence electrons. The van der Waals surface area contributed by atoms with Crippen molar-refractivity contribution in [2.45, 2.75) is 6.92 Å². The molecule has 0 spiro atoms. The molecule has 0 rings (SSSR count). The standard InChI is InChI=1S/C6H10INO/c1-5(7)4-6(9)8(2)3/h4H,1-3H3/b5-4+. The number of rotatable bonds is 1. The lowest BCUT2D eigenvalue weighted by atomic mass is 10.5. The molecule has 1 amide bonds. The quantitative estimate of drug-likeness (QED) is 0.500. The van der Waals surface area contributed by atoms with E-state index in [4.69, 9.17) is 0 Å². The molecule has 0 fully saturated rings. The largest absolute Gasteiger partial charge is 0.345 e. The Hall–Kier alpha value is -0.0600. The summed E-state index contributed by atoms with van der Waals surface area (Å²) in [5, 5.41) is 0. The van der Waals surface area contributed by atoms with Crippen molar-refractivity contribution in [2.75, 3.05) is 14.1 Å². The maximum absolute atomic E-state index is 10.8. The lowest BCUT2D eigenvalue weighted by Gasteiger charge is -2.04. The fraction of sp³-hybridized carbons (Fsp3) is 0.500. The highest BCUT2D eigenvalue weighted by Gasteiger charge is 1.96. The molecule has 0 aromatic heterocycles. The van der Waals surface area contributed by atoms with Gasteiger partial charge in [0.2, 0.25) is 5.91 Å². The summed E-state index contributed by atoms with van der Waals surface area (Å²) in [7, 11) is 3.47. The van der Waals surface area contributed by atoms with Crippen molar-refractivity contribution in [1.82, 2.24) is 4.90 Å². The third-order valence-electron chi connectivity index (χ3n) is 0.763. The molecule has 0 aromatic carbocycles. The van der Waals surface area contributed by atoms with Crippen molar-refractivity contribution in [1.29, 1.82) is 0 Å². The van der Waals surface area contributed by atoms with Gasteiger partial charge in [-0.05, 0) is 33.1 Å². The van der Waals surface area contributed by atoms with Crippen molar-refractivity contribution in [3.05, 3.63) is 9.66 Å². The summed E-state index contributed by atoms with van der Waals surface area (Å²) in [5.74, 6) is 0.0434. The Labute approximate surface area is 69.1 Å². The van der Waals surface area contributed by atoms with E-state index in [1.54, 1.807) is 25.1 Å². The number of amides is 1. The van der Waals surface area contributed by atoms with Crippen LogP contribution in [-0.4, -0.2) is 24.9 Å². The van der Waals surface area contributed by atoms with Gasteiger partial charge < -0.3 is 4.90 Å². The molecule has 0 unspecified atom stereocenters. The highest BCUT2D eigenvalue weighted by atomic mass is 127. The lowest BCUT2D eigenvalue weighted by Crippen LogP contribution is -2.18. The molecule has 0 aliphatic carbocycles. The molecule has 0 saturated heterocycles. The molecule has 0 bridgehead atoms. The summed E-state index contributed by atoms with van der Waals surface area (Å²) >= 11 is 2.10. The van der Waals surface area contributed by atoms with Crippen LogP contribution < -0.4 is 0 Å². The monoisotopic (exact) mass is 239 g/mol. The zero-order chi connectivity index (χ0) is 7.44. The van der Waals surface area contributed by atoms with Crippen molar-refractivity contribution < 1.29 is 4.79 Å². The van der Waals surface area contributed by atoms with Crippen molar-refractivity contribution in [3.63, 3.8) is 0 Å². The first-order chi connectivity index (χ1) is 4.04. The molecule has 0 N–H and O–H groups in total. The van der Waals surface area contributed by atoms with Crippen molar-refractivity contribution in [2.24, 2.45) is 0 Å². The molecule has 0 atom stereocenters. The number of halogens is 1. The molecule has 0 aliphatic rings. The van der Waals surface area contributed by atoms with Gasteiger partial charge in [0.05, 0.1) is 0 Å². The smallest absolute Gasteiger partial charge is 0.246 e. The normalized spacial score (nSPS) is 11.3. The molecule has 0 heterocycles. The number of carbonyl (C=O) groups excluding carboxylic acids is 1. The molecule has 2 nitrogen and oxygen atoms in total. The summed E-state index contributed by atoms with van der Waals surface area (Å²) in [4.78, 5) is 12.3. The fourth-order valence-corrected chi connectivity index (χ4v) is 0.566. The third-order valence-corrected chi connectivity index (χ3v) is 1.07. The number of nitrogens with zero attached hydrogens (tertiary/aromatic N) is 1. The first-order valence-corrected chi connectivity index (χ1v) is 3.67. The Morgan fingerprint density at radius 2 is 2.00 bits per heavy atom. The predicted molar refractivity (Wildman–Crippen MR) is 46.5 cm³/mol. The van der Waals surface area contributed by atoms with Gasteiger partial charge >= 0.3 is 0 Å². The van der Waals surface area contributed by atoms with Crippen LogP contribution in [0.4, 0.5) is 0 Å². The zero-order valence-electron chi connectivity index (χ0n) is 5.81. The van der Waals surface area contributed by atoms with E-state index in [1.807, 2.05) is 6.92 Å². The second-order valence-corrected chi connectivity index (χ2v) is 3.67. The van der Waals surface area contributed by atoms with E-state index >= 15 is 0 Å². The van der Waals surface area contributed by atoms with E-state index < -0.39 is 0 Å². The maximum atomic E-state index is 10.8.